The SMILES string of the molecule is CCc1ccc2[nH]c(O)c(N=Nc3cc(Cl)ccc3C)c2c1. The molecule has 0 amide bonds. The number of fused-ring (bicyclic) bond motifs is 1. The molecule has 1 aromatic heterocycles. The van der Waals surface area contributed by atoms with Gasteiger partial charge in [-0.15, -0.1) is 5.11 Å². The van der Waals surface area contributed by atoms with Crippen molar-refractivity contribution in [2.24, 2.45) is 10.2 Å². The third-order valence-corrected chi connectivity index (χ3v) is 3.89. The van der Waals surface area contributed by atoms with E-state index in [1.807, 2.05) is 37.3 Å². The molecule has 0 fully saturated rings. The Bertz CT molecular complexity index is 868. The van der Waals surface area contributed by atoms with Crippen molar-refractivity contribution in [1.82, 2.24) is 4.98 Å². The van der Waals surface area contributed by atoms with Crippen molar-refractivity contribution in [3.05, 3.63) is 52.5 Å². The van der Waals surface area contributed by atoms with Gasteiger partial charge in [-0.1, -0.05) is 30.7 Å². The van der Waals surface area contributed by atoms with E-state index >= 15 is 0 Å². The van der Waals surface area contributed by atoms with E-state index in [-0.39, 0.29) is 5.88 Å². The van der Waals surface area contributed by atoms with Crippen LogP contribution in [-0.4, -0.2) is 10.1 Å². The smallest absolute Gasteiger partial charge is 0.218 e. The van der Waals surface area contributed by atoms with E-state index in [1.165, 1.54) is 5.56 Å². The summed E-state index contributed by atoms with van der Waals surface area (Å²) in [6.07, 6.45) is 0.922. The first-order chi connectivity index (χ1) is 10.6. The lowest BCUT2D eigenvalue weighted by Gasteiger charge is -1.99. The normalized spacial score (nSPS) is 11.6. The minimum Gasteiger partial charge on any atom is -0.493 e. The molecule has 0 saturated carbocycles. The lowest BCUT2D eigenvalue weighted by atomic mass is 10.1. The Morgan fingerprint density at radius 3 is 2.73 bits per heavy atom. The molecule has 22 heavy (non-hydrogen) atoms. The van der Waals surface area contributed by atoms with Crippen LogP contribution in [0, 0.1) is 6.92 Å². The van der Waals surface area contributed by atoms with Crippen molar-refractivity contribution < 1.29 is 5.11 Å². The second-order valence-electron chi connectivity index (χ2n) is 5.19. The van der Waals surface area contributed by atoms with Crippen LogP contribution < -0.4 is 0 Å². The molecule has 2 aromatic carbocycles. The van der Waals surface area contributed by atoms with Gasteiger partial charge in [-0.05, 0) is 48.7 Å². The molecule has 3 rings (SSSR count). The minimum atomic E-state index is 0.0201. The van der Waals surface area contributed by atoms with E-state index < -0.39 is 0 Å². The molecule has 112 valence electrons. The molecule has 0 aliphatic heterocycles. The molecule has 0 spiro atoms. The molecule has 3 aromatic rings. The van der Waals surface area contributed by atoms with Crippen LogP contribution in [0.25, 0.3) is 10.9 Å². The van der Waals surface area contributed by atoms with Gasteiger partial charge in [-0.25, -0.2) is 0 Å². The number of benzene rings is 2. The van der Waals surface area contributed by atoms with Crippen molar-refractivity contribution in [2.45, 2.75) is 20.3 Å². The predicted octanol–water partition coefficient (Wildman–Crippen LogP) is 5.81. The summed E-state index contributed by atoms with van der Waals surface area (Å²) < 4.78 is 0. The van der Waals surface area contributed by atoms with Crippen LogP contribution in [0.3, 0.4) is 0 Å². The largest absolute Gasteiger partial charge is 0.493 e. The van der Waals surface area contributed by atoms with Crippen LogP contribution in [-0.2, 0) is 6.42 Å². The molecule has 2 N–H and O–H groups in total. The van der Waals surface area contributed by atoms with Gasteiger partial charge in [0.2, 0.25) is 5.88 Å². The zero-order valence-electron chi connectivity index (χ0n) is 12.4. The maximum absolute atomic E-state index is 10.1. The number of aromatic nitrogens is 1. The van der Waals surface area contributed by atoms with E-state index in [9.17, 15) is 5.11 Å². The summed E-state index contributed by atoms with van der Waals surface area (Å²) in [6, 6.07) is 11.4. The molecule has 4 nitrogen and oxygen atoms in total. The van der Waals surface area contributed by atoms with Crippen LogP contribution in [0.2, 0.25) is 5.02 Å². The average molecular weight is 314 g/mol. The first kappa shape index (κ1) is 14.6. The van der Waals surface area contributed by atoms with Crippen LogP contribution in [0.15, 0.2) is 46.6 Å². The predicted molar refractivity (Wildman–Crippen MR) is 89.7 cm³/mol. The van der Waals surface area contributed by atoms with Gasteiger partial charge in [0, 0.05) is 10.4 Å². The highest BCUT2D eigenvalue weighted by molar-refractivity contribution is 6.30. The second kappa shape index (κ2) is 5.81. The molecule has 0 bridgehead atoms. The zero-order valence-corrected chi connectivity index (χ0v) is 13.1. The molecule has 0 aliphatic carbocycles. The third kappa shape index (κ3) is 2.70. The third-order valence-electron chi connectivity index (χ3n) is 3.65. The van der Waals surface area contributed by atoms with Crippen LogP contribution >= 0.6 is 11.6 Å². The van der Waals surface area contributed by atoms with Crippen molar-refractivity contribution >= 4 is 33.9 Å². The Labute approximate surface area is 133 Å². The highest BCUT2D eigenvalue weighted by atomic mass is 35.5. The number of azo groups is 1. The fourth-order valence-electron chi connectivity index (χ4n) is 2.33. The lowest BCUT2D eigenvalue weighted by Crippen LogP contribution is -1.78. The minimum absolute atomic E-state index is 0.0201. The number of hydrogen-bond donors (Lipinski definition) is 2. The summed E-state index contributed by atoms with van der Waals surface area (Å²) in [7, 11) is 0. The van der Waals surface area contributed by atoms with Crippen LogP contribution in [0.4, 0.5) is 11.4 Å². The first-order valence-electron chi connectivity index (χ1n) is 7.10. The molecular weight excluding hydrogens is 298 g/mol. The van der Waals surface area contributed by atoms with Gasteiger partial charge in [0.1, 0.15) is 0 Å². The number of rotatable bonds is 3. The highest BCUT2D eigenvalue weighted by Crippen LogP contribution is 2.37. The van der Waals surface area contributed by atoms with Crippen molar-refractivity contribution in [2.75, 3.05) is 0 Å². The monoisotopic (exact) mass is 313 g/mol. The Morgan fingerprint density at radius 1 is 1.14 bits per heavy atom. The molecule has 0 saturated heterocycles. The van der Waals surface area contributed by atoms with Gasteiger partial charge in [-0.2, -0.15) is 5.11 Å². The molecule has 0 radical (unpaired) electrons. The number of aryl methyl sites for hydroxylation is 2. The maximum atomic E-state index is 10.1. The van der Waals surface area contributed by atoms with Gasteiger partial charge in [0.15, 0.2) is 5.69 Å². The Balaban J connectivity index is 2.08. The molecule has 1 heterocycles. The zero-order chi connectivity index (χ0) is 15.7. The van der Waals surface area contributed by atoms with E-state index in [0.29, 0.717) is 16.4 Å². The number of nitrogens with one attached hydrogen (secondary N) is 1. The standard InChI is InChI=1S/C17H16ClN3O/c1-3-11-5-7-14-13(8-11)16(17(22)19-14)21-20-15-9-12(18)6-4-10(15)2/h4-9,19,22H,3H2,1-2H3. The number of hydrogen-bond acceptors (Lipinski definition) is 3. The summed E-state index contributed by atoms with van der Waals surface area (Å²) in [6.45, 7) is 4.03. The summed E-state index contributed by atoms with van der Waals surface area (Å²) in [5.74, 6) is 0.0201. The number of H-pyrrole nitrogens is 1. The van der Waals surface area contributed by atoms with E-state index in [0.717, 1.165) is 22.9 Å². The Hall–Kier alpha value is -2.33. The quantitative estimate of drug-likeness (QED) is 0.588. The van der Waals surface area contributed by atoms with Crippen molar-refractivity contribution in [3.8, 4) is 5.88 Å². The first-order valence-corrected chi connectivity index (χ1v) is 7.47. The van der Waals surface area contributed by atoms with E-state index in [1.54, 1.807) is 6.07 Å². The fraction of sp³-hybridized carbons (Fsp3) is 0.176. The topological polar surface area (TPSA) is 60.7 Å². The summed E-state index contributed by atoms with van der Waals surface area (Å²) in [4.78, 5) is 2.92. The van der Waals surface area contributed by atoms with Gasteiger partial charge < -0.3 is 10.1 Å². The highest BCUT2D eigenvalue weighted by Gasteiger charge is 2.11. The van der Waals surface area contributed by atoms with E-state index in [4.69, 9.17) is 11.6 Å². The van der Waals surface area contributed by atoms with Crippen LogP contribution in [0.5, 0.6) is 5.88 Å². The summed E-state index contributed by atoms with van der Waals surface area (Å²) >= 11 is 5.99. The summed E-state index contributed by atoms with van der Waals surface area (Å²) in [5, 5.41) is 20.0. The molecule has 0 aliphatic rings. The molecule has 0 unspecified atom stereocenters. The number of halogens is 1. The average Bonchev–Trinajstić information content (AvgIpc) is 2.82. The fourth-order valence-corrected chi connectivity index (χ4v) is 2.49. The Morgan fingerprint density at radius 2 is 1.95 bits per heavy atom. The van der Waals surface area contributed by atoms with Gasteiger partial charge in [-0.3, -0.25) is 0 Å². The number of aromatic hydroxyl groups is 1. The maximum Gasteiger partial charge on any atom is 0.218 e. The lowest BCUT2D eigenvalue weighted by molar-refractivity contribution is 0.459. The van der Waals surface area contributed by atoms with E-state index in [2.05, 4.69) is 22.1 Å². The Kier molecular flexibility index (Phi) is 3.86. The van der Waals surface area contributed by atoms with Gasteiger partial charge in [0.25, 0.3) is 0 Å². The van der Waals surface area contributed by atoms with Gasteiger partial charge >= 0.3 is 0 Å². The number of aromatic amines is 1. The molecular formula is C17H16ClN3O. The molecule has 0 atom stereocenters. The van der Waals surface area contributed by atoms with Crippen LogP contribution in [0.1, 0.15) is 18.1 Å². The van der Waals surface area contributed by atoms with Crippen molar-refractivity contribution in [1.29, 1.82) is 0 Å². The number of nitrogens with zero attached hydrogens (tertiary/aromatic N) is 2. The molecule has 5 heteroatoms. The summed E-state index contributed by atoms with van der Waals surface area (Å²) in [5.41, 5.74) is 4.13. The second-order valence-corrected chi connectivity index (χ2v) is 5.62. The van der Waals surface area contributed by atoms with Gasteiger partial charge in [0.05, 0.1) is 11.2 Å². The van der Waals surface area contributed by atoms with Crippen molar-refractivity contribution in [3.63, 3.8) is 0 Å².